The molecule has 12 nitrogen and oxygen atoms in total. The lowest BCUT2D eigenvalue weighted by atomic mass is 9.96. The molecule has 2 aliphatic heterocycles. The Morgan fingerprint density at radius 3 is 2.82 bits per heavy atom. The lowest BCUT2D eigenvalue weighted by Crippen LogP contribution is -2.60. The van der Waals surface area contributed by atoms with Crippen molar-refractivity contribution < 1.29 is 27.8 Å². The van der Waals surface area contributed by atoms with Crippen LogP contribution < -0.4 is 30.3 Å². The Bertz CT molecular complexity index is 1140. The number of nitrogens with zero attached hydrogens (tertiary/aromatic N) is 5. The number of alkyl halides is 2. The van der Waals surface area contributed by atoms with Crippen molar-refractivity contribution in [2.75, 3.05) is 50.1 Å². The number of amides is 3. The Morgan fingerprint density at radius 1 is 1.28 bits per heavy atom. The number of urea groups is 1. The topological polar surface area (TPSA) is 134 Å². The first-order valence-electron chi connectivity index (χ1n) is 12.9. The van der Waals surface area contributed by atoms with E-state index in [2.05, 4.69) is 30.9 Å². The van der Waals surface area contributed by atoms with Crippen LogP contribution in [-0.2, 0) is 0 Å². The van der Waals surface area contributed by atoms with Gasteiger partial charge in [0.1, 0.15) is 17.6 Å². The van der Waals surface area contributed by atoms with Gasteiger partial charge in [-0.25, -0.2) is 33.3 Å². The molecule has 0 aliphatic carbocycles. The van der Waals surface area contributed by atoms with Gasteiger partial charge in [0.05, 0.1) is 19.0 Å². The van der Waals surface area contributed by atoms with E-state index in [0.29, 0.717) is 12.4 Å². The quantitative estimate of drug-likeness (QED) is 0.478. The third kappa shape index (κ3) is 7.19. The first-order valence-corrected chi connectivity index (χ1v) is 12.9. The van der Waals surface area contributed by atoms with Gasteiger partial charge < -0.3 is 29.9 Å². The van der Waals surface area contributed by atoms with Crippen LogP contribution in [0.3, 0.4) is 0 Å². The molecule has 2 fully saturated rings. The molecule has 3 atom stereocenters. The minimum atomic E-state index is -3.13. The fraction of sp³-hybridized carbons (Fsp3) is 0.560. The van der Waals surface area contributed by atoms with Crippen molar-refractivity contribution in [1.82, 2.24) is 30.5 Å². The summed E-state index contributed by atoms with van der Waals surface area (Å²) < 4.78 is 40.6. The molecule has 4 heterocycles. The number of carbonyl (C=O) groups excluding carboxylic acids is 2. The number of aromatic nitrogens is 3. The zero-order chi connectivity index (χ0) is 28.0. The fourth-order valence-electron chi connectivity index (χ4n) is 4.59. The molecule has 14 heteroatoms. The first-order chi connectivity index (χ1) is 18.7. The van der Waals surface area contributed by atoms with Gasteiger partial charge in [-0.15, -0.1) is 0 Å². The van der Waals surface area contributed by atoms with Crippen LogP contribution >= 0.6 is 0 Å². The normalized spacial score (nSPS) is 22.5. The highest BCUT2D eigenvalue weighted by Crippen LogP contribution is 2.34. The van der Waals surface area contributed by atoms with E-state index >= 15 is 0 Å². The van der Waals surface area contributed by atoms with Gasteiger partial charge in [-0.2, -0.15) is 0 Å². The number of hydrogen-bond acceptors (Lipinski definition) is 9. The van der Waals surface area contributed by atoms with Crippen LogP contribution in [0.15, 0.2) is 30.7 Å². The first kappa shape index (κ1) is 28.2. The molecule has 212 valence electrons. The largest absolute Gasteiger partial charge is 0.477 e. The van der Waals surface area contributed by atoms with E-state index in [1.165, 1.54) is 37.8 Å². The fourth-order valence-corrected chi connectivity index (χ4v) is 4.59. The number of nitrogens with one attached hydrogen (secondary N) is 3. The van der Waals surface area contributed by atoms with Crippen molar-refractivity contribution in [1.29, 1.82) is 0 Å². The summed E-state index contributed by atoms with van der Waals surface area (Å²) in [7, 11) is 1.30. The highest BCUT2D eigenvalue weighted by atomic mass is 19.3. The summed E-state index contributed by atoms with van der Waals surface area (Å²) in [5, 5.41) is 8.65. The number of carbonyl (C=O) groups is 2. The summed E-state index contributed by atoms with van der Waals surface area (Å²) in [5.74, 6) is -1.87. The van der Waals surface area contributed by atoms with Crippen molar-refractivity contribution in [3.8, 4) is 11.6 Å². The number of hydrogen-bond donors (Lipinski definition) is 3. The summed E-state index contributed by atoms with van der Waals surface area (Å²) in [5.41, 5.74) is 0. The van der Waals surface area contributed by atoms with E-state index in [9.17, 15) is 18.4 Å². The Morgan fingerprint density at radius 2 is 2.10 bits per heavy atom. The van der Waals surface area contributed by atoms with E-state index in [0.717, 1.165) is 24.4 Å². The Hall–Kier alpha value is -3.81. The Balaban J connectivity index is 1.39. The molecule has 0 unspecified atom stereocenters. The third-order valence-electron chi connectivity index (χ3n) is 6.88. The van der Waals surface area contributed by atoms with Crippen molar-refractivity contribution in [3.05, 3.63) is 30.7 Å². The molecule has 2 aliphatic rings. The summed E-state index contributed by atoms with van der Waals surface area (Å²) in [6.45, 7) is 5.71. The van der Waals surface area contributed by atoms with Crippen LogP contribution in [0.4, 0.5) is 30.0 Å². The number of pyridine rings is 1. The molecule has 2 saturated heterocycles. The smallest absolute Gasteiger partial charge is 0.412 e. The highest BCUT2D eigenvalue weighted by Gasteiger charge is 2.48. The van der Waals surface area contributed by atoms with E-state index in [1.54, 1.807) is 11.8 Å². The van der Waals surface area contributed by atoms with Gasteiger partial charge >= 0.3 is 12.1 Å². The maximum Gasteiger partial charge on any atom is 0.412 e. The molecule has 2 aromatic heterocycles. The number of anilines is 2. The second-order valence-corrected chi connectivity index (χ2v) is 9.65. The zero-order valence-electron chi connectivity index (χ0n) is 22.2. The van der Waals surface area contributed by atoms with Gasteiger partial charge in [-0.1, -0.05) is 6.92 Å². The van der Waals surface area contributed by atoms with E-state index in [4.69, 9.17) is 9.47 Å². The average Bonchev–Trinajstić information content (AvgIpc) is 2.91. The predicted molar refractivity (Wildman–Crippen MR) is 139 cm³/mol. The minimum absolute atomic E-state index is 0.000387. The van der Waals surface area contributed by atoms with Crippen LogP contribution in [0, 0.1) is 5.92 Å². The third-order valence-corrected chi connectivity index (χ3v) is 6.88. The molecule has 0 saturated carbocycles. The molecule has 3 amide bonds. The lowest BCUT2D eigenvalue weighted by molar-refractivity contribution is -0.0759. The molecule has 3 N–H and O–H groups in total. The molecule has 2 aromatic rings. The number of ether oxygens (including phenoxy) is 2. The molecule has 0 radical (unpaired) electrons. The predicted octanol–water partition coefficient (Wildman–Crippen LogP) is 2.73. The molecule has 0 aromatic carbocycles. The van der Waals surface area contributed by atoms with Gasteiger partial charge in [0.15, 0.2) is 5.82 Å². The Kier molecular flexibility index (Phi) is 8.94. The monoisotopic (exact) mass is 548 g/mol. The molecule has 4 rings (SSSR count). The van der Waals surface area contributed by atoms with Crippen molar-refractivity contribution >= 4 is 23.8 Å². The van der Waals surface area contributed by atoms with Crippen molar-refractivity contribution in [2.45, 2.75) is 44.7 Å². The number of rotatable bonds is 7. The van der Waals surface area contributed by atoms with Gasteiger partial charge in [-0.05, 0) is 38.4 Å². The molecule has 0 spiro atoms. The van der Waals surface area contributed by atoms with E-state index in [1.807, 2.05) is 6.92 Å². The maximum absolute atomic E-state index is 15.0. The van der Waals surface area contributed by atoms with Gasteiger partial charge in [0.2, 0.25) is 5.88 Å². The second-order valence-electron chi connectivity index (χ2n) is 9.65. The van der Waals surface area contributed by atoms with Gasteiger partial charge in [0.25, 0.3) is 5.92 Å². The summed E-state index contributed by atoms with van der Waals surface area (Å²) in [6, 6.07) is 0.858. The SMILES string of the molecule is CCOc1cnc(NC(=O)N(C)[C@H]2CN(c3cc(OC(=O)N[C@@H]4CCNC[C@@H]4C)ccn3)CCC2(F)F)cn1. The van der Waals surface area contributed by atoms with Gasteiger partial charge in [-0.3, -0.25) is 5.32 Å². The van der Waals surface area contributed by atoms with Crippen LogP contribution in [0.2, 0.25) is 0 Å². The van der Waals surface area contributed by atoms with Crippen LogP contribution in [-0.4, -0.2) is 89.8 Å². The maximum atomic E-state index is 15.0. The summed E-state index contributed by atoms with van der Waals surface area (Å²) >= 11 is 0. The molecule has 0 bridgehead atoms. The standard InChI is InChI=1S/C25H34F2N8O4/c1-4-38-22-14-30-20(13-31-22)33-23(36)34(3)19-15-35(10-7-25(19,26)27)21-11-17(5-9-29-21)39-24(37)32-18-6-8-28-12-16(18)2/h5,9,11,13-14,16,18-19,28H,4,6-8,10,12,15H2,1-3H3,(H,32,37)(H,30,33,36)/t16-,18+,19-/m0/s1. The molecule has 39 heavy (non-hydrogen) atoms. The van der Waals surface area contributed by atoms with Crippen LogP contribution in [0.1, 0.15) is 26.7 Å². The highest BCUT2D eigenvalue weighted by molar-refractivity contribution is 5.88. The summed E-state index contributed by atoms with van der Waals surface area (Å²) in [4.78, 5) is 40.2. The van der Waals surface area contributed by atoms with Crippen LogP contribution in [0.25, 0.3) is 0 Å². The second kappa shape index (κ2) is 12.4. The zero-order valence-corrected chi connectivity index (χ0v) is 22.2. The minimum Gasteiger partial charge on any atom is -0.477 e. The van der Waals surface area contributed by atoms with E-state index in [-0.39, 0.29) is 42.5 Å². The average molecular weight is 549 g/mol. The van der Waals surface area contributed by atoms with Gasteiger partial charge in [0, 0.05) is 44.9 Å². The van der Waals surface area contributed by atoms with E-state index < -0.39 is 30.5 Å². The lowest BCUT2D eigenvalue weighted by Gasteiger charge is -2.42. The van der Waals surface area contributed by atoms with Crippen molar-refractivity contribution in [3.63, 3.8) is 0 Å². The Labute approximate surface area is 225 Å². The molecular weight excluding hydrogens is 514 g/mol. The van der Waals surface area contributed by atoms with Crippen LogP contribution in [0.5, 0.6) is 11.6 Å². The summed E-state index contributed by atoms with van der Waals surface area (Å²) in [6.07, 6.45) is 3.81. The number of halogens is 2. The van der Waals surface area contributed by atoms with Crippen molar-refractivity contribution in [2.24, 2.45) is 5.92 Å². The molecular formula is C25H34F2N8O4. The number of piperidine rings is 2. The number of likely N-dealkylation sites (N-methyl/N-ethyl adjacent to an activating group) is 1.